The average Bonchev–Trinajstić information content (AvgIpc) is 2.25. The lowest BCUT2D eigenvalue weighted by molar-refractivity contribution is 0.409. The first-order chi connectivity index (χ1) is 7.99. The number of hydrogen-bond donors (Lipinski definition) is 3. The molecule has 0 bridgehead atoms. The van der Waals surface area contributed by atoms with Crippen LogP contribution in [0.3, 0.4) is 0 Å². The molecule has 0 saturated carbocycles. The van der Waals surface area contributed by atoms with Gasteiger partial charge >= 0.3 is 0 Å². The predicted octanol–water partition coefficient (Wildman–Crippen LogP) is 1.68. The van der Waals surface area contributed by atoms with E-state index in [1.807, 2.05) is 30.4 Å². The summed E-state index contributed by atoms with van der Waals surface area (Å²) in [7, 11) is 0. The second-order valence-corrected chi connectivity index (χ2v) is 4.75. The molecule has 1 aliphatic rings. The van der Waals surface area contributed by atoms with Gasteiger partial charge in [0.05, 0.1) is 0 Å². The van der Waals surface area contributed by atoms with Crippen molar-refractivity contribution in [1.82, 2.24) is 0 Å². The number of phenols is 1. The molecule has 0 saturated heterocycles. The van der Waals surface area contributed by atoms with Crippen LogP contribution in [0.1, 0.15) is 12.5 Å². The molecule has 2 atom stereocenters. The first-order valence-electron chi connectivity index (χ1n) is 5.73. The van der Waals surface area contributed by atoms with Crippen LogP contribution in [0.4, 0.5) is 0 Å². The molecule has 90 valence electrons. The molecule has 0 fully saturated rings. The Hall–Kier alpha value is -1.74. The molecule has 17 heavy (non-hydrogen) atoms. The maximum Gasteiger partial charge on any atom is 0.115 e. The Morgan fingerprint density at radius 3 is 2.82 bits per heavy atom. The van der Waals surface area contributed by atoms with E-state index in [4.69, 9.17) is 11.5 Å². The summed E-state index contributed by atoms with van der Waals surface area (Å²) < 4.78 is 0. The standard InChI is InChI=1S/C14H18N2O/c1-10-7-12(15)5-6-14(10,16)9-11-3-2-4-13(17)8-11/h2-8,10,17H,9,15-16H2,1H3. The molecule has 2 unspecified atom stereocenters. The minimum absolute atomic E-state index is 0.176. The van der Waals surface area contributed by atoms with Gasteiger partial charge in [0.2, 0.25) is 0 Å². The second-order valence-electron chi connectivity index (χ2n) is 4.75. The molecular formula is C14H18N2O. The zero-order chi connectivity index (χ0) is 12.5. The van der Waals surface area contributed by atoms with Crippen LogP contribution in [-0.4, -0.2) is 10.6 Å². The molecule has 1 aromatic carbocycles. The van der Waals surface area contributed by atoms with E-state index in [1.165, 1.54) is 0 Å². The Morgan fingerprint density at radius 2 is 2.18 bits per heavy atom. The van der Waals surface area contributed by atoms with Crippen molar-refractivity contribution in [2.45, 2.75) is 18.9 Å². The van der Waals surface area contributed by atoms with E-state index in [1.54, 1.807) is 12.1 Å². The highest BCUT2D eigenvalue weighted by molar-refractivity contribution is 5.34. The highest BCUT2D eigenvalue weighted by Gasteiger charge is 2.30. The Bertz CT molecular complexity index is 479. The molecule has 0 aromatic heterocycles. The van der Waals surface area contributed by atoms with E-state index in [9.17, 15) is 5.11 Å². The molecule has 3 heteroatoms. The molecule has 0 radical (unpaired) electrons. The quantitative estimate of drug-likeness (QED) is 0.723. The van der Waals surface area contributed by atoms with Gasteiger partial charge in [0.25, 0.3) is 0 Å². The summed E-state index contributed by atoms with van der Waals surface area (Å²) >= 11 is 0. The fraction of sp³-hybridized carbons (Fsp3) is 0.286. The number of hydrogen-bond acceptors (Lipinski definition) is 3. The van der Waals surface area contributed by atoms with Crippen LogP contribution in [0.15, 0.2) is 48.2 Å². The van der Waals surface area contributed by atoms with Crippen LogP contribution in [0.5, 0.6) is 5.75 Å². The molecule has 5 N–H and O–H groups in total. The van der Waals surface area contributed by atoms with Gasteiger partial charge in [-0.1, -0.05) is 31.2 Å². The van der Waals surface area contributed by atoms with Crippen molar-refractivity contribution in [1.29, 1.82) is 0 Å². The normalized spacial score (nSPS) is 27.9. The van der Waals surface area contributed by atoms with E-state index in [0.717, 1.165) is 11.3 Å². The summed E-state index contributed by atoms with van der Waals surface area (Å²) in [5.41, 5.74) is 13.5. The molecule has 2 rings (SSSR count). The summed E-state index contributed by atoms with van der Waals surface area (Å²) in [5.74, 6) is 0.448. The van der Waals surface area contributed by atoms with Gasteiger partial charge < -0.3 is 16.6 Å². The fourth-order valence-corrected chi connectivity index (χ4v) is 2.14. The number of phenolic OH excluding ortho intramolecular Hbond substituents is 1. The van der Waals surface area contributed by atoms with Crippen molar-refractivity contribution in [3.05, 3.63) is 53.8 Å². The van der Waals surface area contributed by atoms with E-state index in [2.05, 4.69) is 6.92 Å². The van der Waals surface area contributed by atoms with Crippen LogP contribution in [0, 0.1) is 5.92 Å². The molecule has 1 aliphatic carbocycles. The number of rotatable bonds is 2. The van der Waals surface area contributed by atoms with Crippen molar-refractivity contribution in [3.63, 3.8) is 0 Å². The van der Waals surface area contributed by atoms with Crippen molar-refractivity contribution in [3.8, 4) is 5.75 Å². The first kappa shape index (κ1) is 11.7. The maximum absolute atomic E-state index is 9.44. The molecule has 0 amide bonds. The molecule has 0 spiro atoms. The topological polar surface area (TPSA) is 72.3 Å². The monoisotopic (exact) mass is 230 g/mol. The van der Waals surface area contributed by atoms with Gasteiger partial charge in [-0.15, -0.1) is 0 Å². The summed E-state index contributed by atoms with van der Waals surface area (Å²) in [5, 5.41) is 9.44. The van der Waals surface area contributed by atoms with Gasteiger partial charge in [0.1, 0.15) is 5.75 Å². The van der Waals surface area contributed by atoms with E-state index < -0.39 is 5.54 Å². The first-order valence-corrected chi connectivity index (χ1v) is 5.73. The van der Waals surface area contributed by atoms with Gasteiger partial charge in [0.15, 0.2) is 0 Å². The second kappa shape index (κ2) is 4.26. The van der Waals surface area contributed by atoms with Crippen LogP contribution >= 0.6 is 0 Å². The highest BCUT2D eigenvalue weighted by atomic mass is 16.3. The number of aromatic hydroxyl groups is 1. The fourth-order valence-electron chi connectivity index (χ4n) is 2.14. The lowest BCUT2D eigenvalue weighted by Gasteiger charge is -2.33. The SMILES string of the molecule is CC1C=C(N)C=CC1(N)Cc1cccc(O)c1. The number of benzene rings is 1. The van der Waals surface area contributed by atoms with Gasteiger partial charge in [-0.05, 0) is 36.1 Å². The summed E-state index contributed by atoms with van der Waals surface area (Å²) in [4.78, 5) is 0. The largest absolute Gasteiger partial charge is 0.508 e. The number of nitrogens with two attached hydrogens (primary N) is 2. The van der Waals surface area contributed by atoms with Crippen molar-refractivity contribution >= 4 is 0 Å². The molecule has 0 aliphatic heterocycles. The smallest absolute Gasteiger partial charge is 0.115 e. The van der Waals surface area contributed by atoms with Gasteiger partial charge in [-0.3, -0.25) is 0 Å². The van der Waals surface area contributed by atoms with Crippen LogP contribution < -0.4 is 11.5 Å². The van der Waals surface area contributed by atoms with Crippen molar-refractivity contribution < 1.29 is 5.11 Å². The summed E-state index contributed by atoms with van der Waals surface area (Å²) in [6, 6.07) is 7.20. The Labute approximate surface area is 101 Å². The van der Waals surface area contributed by atoms with Crippen LogP contribution in [0.25, 0.3) is 0 Å². The molecule has 3 nitrogen and oxygen atoms in total. The van der Waals surface area contributed by atoms with Gasteiger partial charge in [-0.25, -0.2) is 0 Å². The lowest BCUT2D eigenvalue weighted by atomic mass is 9.77. The van der Waals surface area contributed by atoms with Crippen LogP contribution in [-0.2, 0) is 6.42 Å². The molecule has 1 aromatic rings. The number of allylic oxidation sites excluding steroid dienone is 1. The predicted molar refractivity (Wildman–Crippen MR) is 69.3 cm³/mol. The van der Waals surface area contributed by atoms with E-state index in [0.29, 0.717) is 6.42 Å². The third-order valence-corrected chi connectivity index (χ3v) is 3.30. The third-order valence-electron chi connectivity index (χ3n) is 3.30. The Balaban J connectivity index is 2.21. The van der Waals surface area contributed by atoms with Gasteiger partial charge in [0, 0.05) is 11.2 Å². The van der Waals surface area contributed by atoms with Gasteiger partial charge in [-0.2, -0.15) is 0 Å². The van der Waals surface area contributed by atoms with E-state index >= 15 is 0 Å². The minimum atomic E-state index is -0.434. The van der Waals surface area contributed by atoms with Crippen molar-refractivity contribution in [2.24, 2.45) is 17.4 Å². The molecule has 0 heterocycles. The maximum atomic E-state index is 9.44. The third kappa shape index (κ3) is 2.50. The minimum Gasteiger partial charge on any atom is -0.508 e. The Morgan fingerprint density at radius 1 is 1.41 bits per heavy atom. The lowest BCUT2D eigenvalue weighted by Crippen LogP contribution is -2.47. The highest BCUT2D eigenvalue weighted by Crippen LogP contribution is 2.27. The zero-order valence-corrected chi connectivity index (χ0v) is 9.93. The Kier molecular flexibility index (Phi) is 2.94. The molecular weight excluding hydrogens is 212 g/mol. The average molecular weight is 230 g/mol. The van der Waals surface area contributed by atoms with Crippen LogP contribution in [0.2, 0.25) is 0 Å². The summed E-state index contributed by atoms with van der Waals surface area (Å²) in [6.45, 7) is 2.05. The van der Waals surface area contributed by atoms with Crippen molar-refractivity contribution in [2.75, 3.05) is 0 Å². The van der Waals surface area contributed by atoms with E-state index in [-0.39, 0.29) is 11.7 Å². The zero-order valence-electron chi connectivity index (χ0n) is 9.93. The summed E-state index contributed by atoms with van der Waals surface area (Å²) in [6.07, 6.45) is 6.46.